The van der Waals surface area contributed by atoms with E-state index in [1.54, 1.807) is 30.2 Å². The van der Waals surface area contributed by atoms with Crippen molar-refractivity contribution in [2.24, 2.45) is 0 Å². The molecule has 0 N–H and O–H groups in total. The SMILES string of the molecule is COCCN(Cc1ccc2c(c1)OCO2)C(=O)c1cc(Br)ccc1Cl. The largest absolute Gasteiger partial charge is 0.454 e. The van der Waals surface area contributed by atoms with Crippen LogP contribution in [-0.4, -0.2) is 37.9 Å². The summed E-state index contributed by atoms with van der Waals surface area (Å²) in [6.07, 6.45) is 0. The van der Waals surface area contributed by atoms with Gasteiger partial charge in [-0.2, -0.15) is 0 Å². The summed E-state index contributed by atoms with van der Waals surface area (Å²) in [6, 6.07) is 10.9. The fourth-order valence-electron chi connectivity index (χ4n) is 2.55. The zero-order valence-electron chi connectivity index (χ0n) is 13.6. The summed E-state index contributed by atoms with van der Waals surface area (Å²) < 4.78 is 16.7. The van der Waals surface area contributed by atoms with E-state index < -0.39 is 0 Å². The summed E-state index contributed by atoms with van der Waals surface area (Å²) >= 11 is 9.60. The molecule has 0 spiro atoms. The number of hydrogen-bond donors (Lipinski definition) is 0. The van der Waals surface area contributed by atoms with Gasteiger partial charge in [0.15, 0.2) is 11.5 Å². The van der Waals surface area contributed by atoms with Crippen LogP contribution in [0.15, 0.2) is 40.9 Å². The quantitative estimate of drug-likeness (QED) is 0.697. The van der Waals surface area contributed by atoms with E-state index >= 15 is 0 Å². The Kier molecular flexibility index (Phi) is 5.83. The van der Waals surface area contributed by atoms with Gasteiger partial charge in [0.2, 0.25) is 6.79 Å². The van der Waals surface area contributed by atoms with Gasteiger partial charge in [-0.15, -0.1) is 0 Å². The molecule has 0 aliphatic carbocycles. The molecule has 0 unspecified atom stereocenters. The van der Waals surface area contributed by atoms with Gasteiger partial charge in [-0.25, -0.2) is 0 Å². The molecule has 1 amide bonds. The third kappa shape index (κ3) is 4.26. The first kappa shape index (κ1) is 18.0. The van der Waals surface area contributed by atoms with Crippen LogP contribution in [0.4, 0.5) is 0 Å². The molecule has 0 radical (unpaired) electrons. The lowest BCUT2D eigenvalue weighted by atomic mass is 10.1. The van der Waals surface area contributed by atoms with E-state index in [2.05, 4.69) is 15.9 Å². The van der Waals surface area contributed by atoms with Crippen LogP contribution in [0, 0.1) is 0 Å². The molecule has 2 aromatic carbocycles. The number of nitrogens with zero attached hydrogens (tertiary/aromatic N) is 1. The zero-order chi connectivity index (χ0) is 17.8. The van der Waals surface area contributed by atoms with Crippen molar-refractivity contribution in [2.75, 3.05) is 27.1 Å². The Morgan fingerprint density at radius 3 is 2.84 bits per heavy atom. The average Bonchev–Trinajstić information content (AvgIpc) is 3.07. The Labute approximate surface area is 159 Å². The van der Waals surface area contributed by atoms with E-state index in [1.165, 1.54) is 0 Å². The van der Waals surface area contributed by atoms with Gasteiger partial charge < -0.3 is 19.1 Å². The normalized spacial score (nSPS) is 12.3. The Morgan fingerprint density at radius 1 is 1.24 bits per heavy atom. The Bertz CT molecular complexity index is 784. The first-order valence-electron chi connectivity index (χ1n) is 7.70. The van der Waals surface area contributed by atoms with E-state index in [4.69, 9.17) is 25.8 Å². The van der Waals surface area contributed by atoms with Gasteiger partial charge in [0.25, 0.3) is 5.91 Å². The molecule has 0 bridgehead atoms. The molecule has 0 aromatic heterocycles. The molecule has 0 fully saturated rings. The smallest absolute Gasteiger partial charge is 0.255 e. The zero-order valence-corrected chi connectivity index (χ0v) is 16.0. The van der Waals surface area contributed by atoms with Crippen LogP contribution < -0.4 is 9.47 Å². The first-order valence-corrected chi connectivity index (χ1v) is 8.87. The van der Waals surface area contributed by atoms with Gasteiger partial charge in [0, 0.05) is 24.7 Å². The van der Waals surface area contributed by atoms with E-state index in [0.717, 1.165) is 10.0 Å². The fraction of sp³-hybridized carbons (Fsp3) is 0.278. The van der Waals surface area contributed by atoms with Gasteiger partial charge >= 0.3 is 0 Å². The molecule has 132 valence electrons. The highest BCUT2D eigenvalue weighted by Gasteiger charge is 2.20. The Balaban J connectivity index is 1.83. The third-order valence-electron chi connectivity index (χ3n) is 3.82. The minimum absolute atomic E-state index is 0.152. The molecule has 25 heavy (non-hydrogen) atoms. The number of fused-ring (bicyclic) bond motifs is 1. The predicted octanol–water partition coefficient (Wildman–Crippen LogP) is 4.12. The van der Waals surface area contributed by atoms with Crippen LogP contribution >= 0.6 is 27.5 Å². The van der Waals surface area contributed by atoms with Crippen molar-refractivity contribution in [3.8, 4) is 11.5 Å². The summed E-state index contributed by atoms with van der Waals surface area (Å²) in [5, 5.41) is 0.418. The van der Waals surface area contributed by atoms with E-state index in [-0.39, 0.29) is 12.7 Å². The number of rotatable bonds is 6. The number of methoxy groups -OCH3 is 1. The lowest BCUT2D eigenvalue weighted by Crippen LogP contribution is -2.33. The van der Waals surface area contributed by atoms with Crippen molar-refractivity contribution >= 4 is 33.4 Å². The maximum absolute atomic E-state index is 13.0. The standard InChI is InChI=1S/C18H17BrClNO4/c1-23-7-6-21(18(22)14-9-13(19)3-4-15(14)20)10-12-2-5-16-17(8-12)25-11-24-16/h2-5,8-9H,6-7,10-11H2,1H3. The highest BCUT2D eigenvalue weighted by molar-refractivity contribution is 9.10. The number of carbonyl (C=O) groups excluding carboxylic acids is 1. The number of amides is 1. The fourth-order valence-corrected chi connectivity index (χ4v) is 3.10. The highest BCUT2D eigenvalue weighted by Crippen LogP contribution is 2.33. The molecule has 3 rings (SSSR count). The van der Waals surface area contributed by atoms with E-state index in [1.807, 2.05) is 18.2 Å². The number of carbonyl (C=O) groups is 1. The molecule has 1 aliphatic heterocycles. The van der Waals surface area contributed by atoms with Gasteiger partial charge in [0.1, 0.15) is 0 Å². The van der Waals surface area contributed by atoms with Gasteiger partial charge in [0.05, 0.1) is 17.2 Å². The minimum atomic E-state index is -0.152. The summed E-state index contributed by atoms with van der Waals surface area (Å²) in [4.78, 5) is 14.7. The molecule has 0 saturated heterocycles. The lowest BCUT2D eigenvalue weighted by Gasteiger charge is -2.23. The Hall–Kier alpha value is -1.76. The molecule has 2 aromatic rings. The second kappa shape index (κ2) is 8.08. The van der Waals surface area contributed by atoms with E-state index in [0.29, 0.717) is 41.8 Å². The molecular formula is C18H17BrClNO4. The van der Waals surface area contributed by atoms with Gasteiger partial charge in [-0.05, 0) is 35.9 Å². The molecular weight excluding hydrogens is 410 g/mol. The topological polar surface area (TPSA) is 48.0 Å². The van der Waals surface area contributed by atoms with Crippen molar-refractivity contribution in [3.05, 3.63) is 57.0 Å². The summed E-state index contributed by atoms with van der Waals surface area (Å²) in [6.45, 7) is 1.52. The van der Waals surface area contributed by atoms with Gasteiger partial charge in [-0.3, -0.25) is 4.79 Å². The summed E-state index contributed by atoms with van der Waals surface area (Å²) in [7, 11) is 1.61. The monoisotopic (exact) mass is 425 g/mol. The first-order chi connectivity index (χ1) is 12.1. The van der Waals surface area contributed by atoms with Crippen LogP contribution in [0.3, 0.4) is 0 Å². The van der Waals surface area contributed by atoms with Crippen LogP contribution in [0.1, 0.15) is 15.9 Å². The van der Waals surface area contributed by atoms with Crippen molar-refractivity contribution < 1.29 is 19.0 Å². The van der Waals surface area contributed by atoms with Crippen molar-refractivity contribution in [1.82, 2.24) is 4.90 Å². The second-order valence-corrected chi connectivity index (χ2v) is 6.85. The highest BCUT2D eigenvalue weighted by atomic mass is 79.9. The molecule has 0 atom stereocenters. The minimum Gasteiger partial charge on any atom is -0.454 e. The predicted molar refractivity (Wildman–Crippen MR) is 98.3 cm³/mol. The van der Waals surface area contributed by atoms with E-state index in [9.17, 15) is 4.79 Å². The second-order valence-electron chi connectivity index (χ2n) is 5.53. The number of hydrogen-bond acceptors (Lipinski definition) is 4. The molecule has 0 saturated carbocycles. The van der Waals surface area contributed by atoms with Crippen LogP contribution in [0.2, 0.25) is 5.02 Å². The Morgan fingerprint density at radius 2 is 2.04 bits per heavy atom. The van der Waals surface area contributed by atoms with Gasteiger partial charge in [-0.1, -0.05) is 33.6 Å². The number of halogens is 2. The van der Waals surface area contributed by atoms with Crippen LogP contribution in [-0.2, 0) is 11.3 Å². The molecule has 1 heterocycles. The van der Waals surface area contributed by atoms with Crippen molar-refractivity contribution in [2.45, 2.75) is 6.54 Å². The number of ether oxygens (including phenoxy) is 3. The lowest BCUT2D eigenvalue weighted by molar-refractivity contribution is 0.0680. The maximum atomic E-state index is 13.0. The molecule has 7 heteroatoms. The summed E-state index contributed by atoms with van der Waals surface area (Å²) in [5.74, 6) is 1.26. The van der Waals surface area contributed by atoms with Crippen molar-refractivity contribution in [1.29, 1.82) is 0 Å². The van der Waals surface area contributed by atoms with Crippen LogP contribution in [0.25, 0.3) is 0 Å². The van der Waals surface area contributed by atoms with Crippen LogP contribution in [0.5, 0.6) is 11.5 Å². The summed E-state index contributed by atoms with van der Waals surface area (Å²) in [5.41, 5.74) is 1.40. The molecule has 1 aliphatic rings. The average molecular weight is 427 g/mol. The third-order valence-corrected chi connectivity index (χ3v) is 4.64. The van der Waals surface area contributed by atoms with Crippen molar-refractivity contribution in [3.63, 3.8) is 0 Å². The maximum Gasteiger partial charge on any atom is 0.255 e. The molecule has 5 nitrogen and oxygen atoms in total. The number of benzene rings is 2.